The zero-order chi connectivity index (χ0) is 48.8. The monoisotopic (exact) mass is 914 g/mol. The van der Waals surface area contributed by atoms with Crippen molar-refractivity contribution in [1.82, 2.24) is 36.0 Å². The van der Waals surface area contributed by atoms with Crippen molar-refractivity contribution in [2.75, 3.05) is 55.0 Å². The fourth-order valence-electron chi connectivity index (χ4n) is 9.21. The lowest BCUT2D eigenvalue weighted by molar-refractivity contribution is -0.148. The maximum absolute atomic E-state index is 14.4. The number of amides is 6. The molecular formula is C50H87N7O8. The molecule has 0 spiro atoms. The molecule has 6 amide bonds. The molecule has 1 heterocycles. The number of hydrogen-bond donors (Lipinski definition) is 4. The molecule has 1 aromatic carbocycles. The highest BCUT2D eigenvalue weighted by molar-refractivity contribution is 5.91. The molecular weight excluding hydrogens is 827 g/mol. The Morgan fingerprint density at radius 3 is 2.00 bits per heavy atom. The van der Waals surface area contributed by atoms with E-state index in [1.165, 1.54) is 0 Å². The minimum Gasteiger partial charge on any atom is -0.379 e. The predicted molar refractivity (Wildman–Crippen MR) is 257 cm³/mol. The van der Waals surface area contributed by atoms with Crippen molar-refractivity contribution in [3.8, 4) is 0 Å². The molecule has 0 unspecified atom stereocenters. The van der Waals surface area contributed by atoms with Crippen LogP contribution in [0.3, 0.4) is 0 Å². The number of nitrogens with one attached hydrogen (secondary N) is 4. The lowest BCUT2D eigenvalue weighted by Crippen LogP contribution is -2.59. The Bertz CT molecular complexity index is 1600. The van der Waals surface area contributed by atoms with Crippen molar-refractivity contribution < 1.29 is 38.2 Å². The van der Waals surface area contributed by atoms with Gasteiger partial charge in [0.2, 0.25) is 35.4 Å². The molecule has 2 rings (SSSR count). The summed E-state index contributed by atoms with van der Waals surface area (Å²) in [4.78, 5) is 87.5. The zero-order valence-electron chi connectivity index (χ0n) is 42.2. The SMILES string of the molecule is CCCCCNC(=O)CCCCNC(=O)[C@H](Cc1ccccc1)NC(=O)[C@H](C)[C@@H](OC)[C@@H]1CCCN1C(=O)C[C@@H](OC)[C@H]([C@@H](C)CC)N(C)C(=O)[C@@H](NC(=O)[C@H](C(C)C)N(C)C)C(C)C. The van der Waals surface area contributed by atoms with Crippen LogP contribution < -0.4 is 21.3 Å². The van der Waals surface area contributed by atoms with Crippen LogP contribution in [0.4, 0.5) is 0 Å². The van der Waals surface area contributed by atoms with E-state index in [4.69, 9.17) is 9.47 Å². The van der Waals surface area contributed by atoms with Gasteiger partial charge in [0.25, 0.3) is 0 Å². The Labute approximate surface area is 391 Å². The molecule has 0 saturated carbocycles. The molecule has 1 saturated heterocycles. The summed E-state index contributed by atoms with van der Waals surface area (Å²) < 4.78 is 12.1. The molecule has 9 atom stereocenters. The fourth-order valence-corrected chi connectivity index (χ4v) is 9.21. The summed E-state index contributed by atoms with van der Waals surface area (Å²) in [5.41, 5.74) is 0.889. The largest absolute Gasteiger partial charge is 0.379 e. The molecule has 65 heavy (non-hydrogen) atoms. The number of methoxy groups -OCH3 is 2. The third kappa shape index (κ3) is 17.9. The molecule has 15 nitrogen and oxygen atoms in total. The minimum absolute atomic E-state index is 0.00561. The summed E-state index contributed by atoms with van der Waals surface area (Å²) in [5.74, 6) is -2.23. The van der Waals surface area contributed by atoms with E-state index in [1.807, 2.05) is 90.9 Å². The van der Waals surface area contributed by atoms with Crippen LogP contribution >= 0.6 is 0 Å². The molecule has 0 radical (unpaired) electrons. The van der Waals surface area contributed by atoms with E-state index < -0.39 is 48.3 Å². The van der Waals surface area contributed by atoms with Gasteiger partial charge in [-0.2, -0.15) is 0 Å². The van der Waals surface area contributed by atoms with E-state index in [0.29, 0.717) is 45.3 Å². The summed E-state index contributed by atoms with van der Waals surface area (Å²) in [6, 6.07) is 6.55. The van der Waals surface area contributed by atoms with Crippen LogP contribution in [0.25, 0.3) is 0 Å². The highest BCUT2D eigenvalue weighted by Crippen LogP contribution is 2.30. The van der Waals surface area contributed by atoms with Crippen LogP contribution in [0.5, 0.6) is 0 Å². The Morgan fingerprint density at radius 1 is 0.785 bits per heavy atom. The minimum atomic E-state index is -0.860. The summed E-state index contributed by atoms with van der Waals surface area (Å²) in [6.07, 6.45) is 5.78. The van der Waals surface area contributed by atoms with Crippen molar-refractivity contribution in [2.24, 2.45) is 23.7 Å². The first-order valence-corrected chi connectivity index (χ1v) is 24.3. The van der Waals surface area contributed by atoms with Crippen molar-refractivity contribution in [3.05, 3.63) is 35.9 Å². The molecule has 1 fully saturated rings. The number of carbonyl (C=O) groups is 6. The van der Waals surface area contributed by atoms with Crippen LogP contribution in [0.1, 0.15) is 125 Å². The Balaban J connectivity index is 2.22. The van der Waals surface area contributed by atoms with Crippen molar-refractivity contribution in [3.63, 3.8) is 0 Å². The summed E-state index contributed by atoms with van der Waals surface area (Å²) >= 11 is 0. The standard InChI is InChI=1S/C50H87N7O8/c1-14-16-21-28-51-41(58)27-20-22-29-52-48(61)38(31-37-24-18-17-19-25-37)53-47(60)36(8)46(65-13)39-26-23-30-57(39)42(59)32-40(64-12)45(35(7)15-2)56(11)50(63)43(33(3)4)54-49(62)44(34(5)6)55(9)10/h17-19,24-25,33-36,38-40,43-46H,14-16,20-23,26-32H2,1-13H3,(H,51,58)(H,52,61)(H,53,60)(H,54,62)/t35-,36+,38-,39-,40+,43-,44-,45-,46+/m0/s1. The molecule has 0 bridgehead atoms. The molecule has 15 heteroatoms. The molecule has 4 N–H and O–H groups in total. The molecule has 370 valence electrons. The van der Waals surface area contributed by atoms with Crippen molar-refractivity contribution in [2.45, 2.75) is 168 Å². The van der Waals surface area contributed by atoms with Crippen molar-refractivity contribution in [1.29, 1.82) is 0 Å². The van der Waals surface area contributed by atoms with Gasteiger partial charge in [0, 0.05) is 53.7 Å². The zero-order valence-corrected chi connectivity index (χ0v) is 42.2. The number of ether oxygens (including phenoxy) is 2. The number of unbranched alkanes of at least 4 members (excludes halogenated alkanes) is 3. The number of likely N-dealkylation sites (N-methyl/N-ethyl adjacent to an activating group) is 2. The van der Waals surface area contributed by atoms with Crippen LogP contribution in [-0.2, 0) is 44.7 Å². The smallest absolute Gasteiger partial charge is 0.245 e. The van der Waals surface area contributed by atoms with Gasteiger partial charge in [0.1, 0.15) is 12.1 Å². The molecule has 1 aliphatic rings. The molecule has 1 aliphatic heterocycles. The second kappa shape index (κ2) is 29.5. The van der Waals surface area contributed by atoms with E-state index in [2.05, 4.69) is 28.2 Å². The average molecular weight is 914 g/mol. The fraction of sp³-hybridized carbons (Fsp3) is 0.760. The van der Waals surface area contributed by atoms with Crippen LogP contribution in [0, 0.1) is 23.7 Å². The van der Waals surface area contributed by atoms with Gasteiger partial charge >= 0.3 is 0 Å². The van der Waals surface area contributed by atoms with Crippen LogP contribution in [0.15, 0.2) is 30.3 Å². The van der Waals surface area contributed by atoms with E-state index in [0.717, 1.165) is 37.7 Å². The topological polar surface area (TPSA) is 179 Å². The van der Waals surface area contributed by atoms with E-state index in [-0.39, 0.29) is 66.0 Å². The Morgan fingerprint density at radius 2 is 1.43 bits per heavy atom. The van der Waals surface area contributed by atoms with E-state index >= 15 is 0 Å². The lowest BCUT2D eigenvalue weighted by atomic mass is 9.89. The summed E-state index contributed by atoms with van der Waals surface area (Å²) in [6.45, 7) is 17.3. The van der Waals surface area contributed by atoms with Gasteiger partial charge in [0.05, 0.1) is 42.7 Å². The third-order valence-corrected chi connectivity index (χ3v) is 13.1. The quantitative estimate of drug-likeness (QED) is 0.0778. The number of carbonyl (C=O) groups excluding carboxylic acids is 6. The first-order chi connectivity index (χ1) is 30.8. The second-order valence-corrected chi connectivity index (χ2v) is 19.0. The third-order valence-electron chi connectivity index (χ3n) is 13.1. The number of rotatable bonds is 30. The van der Waals surface area contributed by atoms with Crippen molar-refractivity contribution >= 4 is 35.4 Å². The van der Waals surface area contributed by atoms with Gasteiger partial charge in [-0.05, 0) is 69.5 Å². The average Bonchev–Trinajstić information content (AvgIpc) is 3.75. The molecule has 0 aliphatic carbocycles. The lowest BCUT2D eigenvalue weighted by Gasteiger charge is -2.41. The van der Waals surface area contributed by atoms with Crippen LogP contribution in [0.2, 0.25) is 0 Å². The first-order valence-electron chi connectivity index (χ1n) is 24.3. The molecule has 1 aromatic rings. The van der Waals surface area contributed by atoms with E-state index in [9.17, 15) is 28.8 Å². The van der Waals surface area contributed by atoms with Gasteiger partial charge in [-0.15, -0.1) is 0 Å². The van der Waals surface area contributed by atoms with Crippen LogP contribution in [-0.4, -0.2) is 148 Å². The normalized spacial score (nSPS) is 17.7. The van der Waals surface area contributed by atoms with E-state index in [1.54, 1.807) is 38.0 Å². The van der Waals surface area contributed by atoms with Gasteiger partial charge in [-0.25, -0.2) is 0 Å². The maximum atomic E-state index is 14.4. The summed E-state index contributed by atoms with van der Waals surface area (Å²) in [5, 5.41) is 12.0. The van der Waals surface area contributed by atoms with Gasteiger partial charge in [0.15, 0.2) is 0 Å². The van der Waals surface area contributed by atoms with Gasteiger partial charge in [-0.1, -0.05) is 105 Å². The Hall–Kier alpha value is -4.08. The summed E-state index contributed by atoms with van der Waals surface area (Å²) in [7, 11) is 8.53. The highest BCUT2D eigenvalue weighted by atomic mass is 16.5. The number of hydrogen-bond acceptors (Lipinski definition) is 9. The highest BCUT2D eigenvalue weighted by Gasteiger charge is 2.43. The second-order valence-electron chi connectivity index (χ2n) is 19.0. The number of benzene rings is 1. The number of likely N-dealkylation sites (tertiary alicyclic amines) is 1. The maximum Gasteiger partial charge on any atom is 0.245 e. The first kappa shape index (κ1) is 57.0. The Kier molecular flexibility index (Phi) is 25.9. The predicted octanol–water partition coefficient (Wildman–Crippen LogP) is 4.95. The molecule has 0 aromatic heterocycles. The van der Waals surface area contributed by atoms with Gasteiger partial charge in [-0.3, -0.25) is 33.7 Å². The number of nitrogens with zero attached hydrogens (tertiary/aromatic N) is 3. The van der Waals surface area contributed by atoms with Gasteiger partial charge < -0.3 is 40.5 Å².